The highest BCUT2D eigenvalue weighted by Gasteiger charge is 2.36. The van der Waals surface area contributed by atoms with Crippen LogP contribution in [0.1, 0.15) is 11.1 Å². The molecule has 0 unspecified atom stereocenters. The summed E-state index contributed by atoms with van der Waals surface area (Å²) >= 11 is 5.89. The molecule has 1 saturated heterocycles. The van der Waals surface area contributed by atoms with Gasteiger partial charge in [0.05, 0.1) is 12.8 Å². The van der Waals surface area contributed by atoms with Crippen molar-refractivity contribution in [1.82, 2.24) is 5.32 Å². The summed E-state index contributed by atoms with van der Waals surface area (Å²) in [6, 6.07) is 19.8. The number of barbiturate groups is 1. The van der Waals surface area contributed by atoms with Gasteiger partial charge in [-0.05, 0) is 65.7 Å². The van der Waals surface area contributed by atoms with Crippen molar-refractivity contribution in [1.29, 1.82) is 0 Å². The number of rotatable bonds is 6. The molecule has 0 spiro atoms. The largest absolute Gasteiger partial charge is 0.497 e. The van der Waals surface area contributed by atoms with Crippen molar-refractivity contribution in [3.63, 3.8) is 0 Å². The minimum atomic E-state index is -0.807. The highest BCUT2D eigenvalue weighted by atomic mass is 35.5. The van der Waals surface area contributed by atoms with Gasteiger partial charge in [-0.15, -0.1) is 0 Å². The predicted molar refractivity (Wildman–Crippen MR) is 124 cm³/mol. The number of halogens is 1. The van der Waals surface area contributed by atoms with Gasteiger partial charge < -0.3 is 9.47 Å². The first-order valence-electron chi connectivity index (χ1n) is 9.97. The maximum Gasteiger partial charge on any atom is 0.335 e. The highest BCUT2D eigenvalue weighted by molar-refractivity contribution is 6.39. The van der Waals surface area contributed by atoms with Crippen molar-refractivity contribution < 1.29 is 23.9 Å². The number of benzene rings is 3. The fourth-order valence-corrected chi connectivity index (χ4v) is 3.32. The Morgan fingerprint density at radius 3 is 2.15 bits per heavy atom. The van der Waals surface area contributed by atoms with E-state index in [-0.39, 0.29) is 5.57 Å². The molecule has 0 radical (unpaired) electrons. The maximum atomic E-state index is 13.0. The Labute approximate surface area is 195 Å². The Morgan fingerprint density at radius 1 is 0.879 bits per heavy atom. The monoisotopic (exact) mass is 462 g/mol. The van der Waals surface area contributed by atoms with Gasteiger partial charge in [-0.1, -0.05) is 35.9 Å². The number of amides is 4. The second-order valence-electron chi connectivity index (χ2n) is 7.14. The number of carbonyl (C=O) groups is 3. The summed E-state index contributed by atoms with van der Waals surface area (Å²) in [5, 5.41) is 2.86. The molecular weight excluding hydrogens is 444 g/mol. The molecule has 0 bridgehead atoms. The zero-order valence-electron chi connectivity index (χ0n) is 17.6. The topological polar surface area (TPSA) is 84.9 Å². The molecule has 33 heavy (non-hydrogen) atoms. The number of hydrogen-bond acceptors (Lipinski definition) is 5. The van der Waals surface area contributed by atoms with Crippen LogP contribution in [0.5, 0.6) is 11.5 Å². The molecule has 8 heteroatoms. The lowest BCUT2D eigenvalue weighted by Gasteiger charge is -2.26. The number of methoxy groups -OCH3 is 1. The molecule has 1 heterocycles. The molecule has 166 valence electrons. The first-order chi connectivity index (χ1) is 15.9. The summed E-state index contributed by atoms with van der Waals surface area (Å²) in [6.45, 7) is 0.372. The number of nitrogens with zero attached hydrogens (tertiary/aromatic N) is 1. The summed E-state index contributed by atoms with van der Waals surface area (Å²) in [5.74, 6) is -0.259. The van der Waals surface area contributed by atoms with Crippen molar-refractivity contribution in [2.75, 3.05) is 12.0 Å². The SMILES string of the molecule is COc1ccc(N2C(=O)NC(=O)C(=Cc3ccc(OCc4ccc(Cl)cc4)cc3)C2=O)cc1. The molecule has 1 aliphatic rings. The molecule has 0 saturated carbocycles. The summed E-state index contributed by atoms with van der Waals surface area (Å²) in [6.07, 6.45) is 1.43. The Hall–Kier alpha value is -4.10. The Kier molecular flexibility index (Phi) is 6.42. The molecule has 0 aliphatic carbocycles. The molecule has 4 amide bonds. The van der Waals surface area contributed by atoms with Gasteiger partial charge in [0.2, 0.25) is 0 Å². The maximum absolute atomic E-state index is 13.0. The van der Waals surface area contributed by atoms with Gasteiger partial charge in [-0.3, -0.25) is 14.9 Å². The van der Waals surface area contributed by atoms with Crippen LogP contribution in [0.15, 0.2) is 78.4 Å². The fraction of sp³-hybridized carbons (Fsp3) is 0.0800. The molecule has 1 aliphatic heterocycles. The van der Waals surface area contributed by atoms with Crippen LogP contribution >= 0.6 is 11.6 Å². The van der Waals surface area contributed by atoms with E-state index in [2.05, 4.69) is 5.32 Å². The third kappa shape index (κ3) is 5.05. The smallest absolute Gasteiger partial charge is 0.335 e. The lowest BCUT2D eigenvalue weighted by molar-refractivity contribution is -0.122. The average Bonchev–Trinajstić information content (AvgIpc) is 2.82. The van der Waals surface area contributed by atoms with Gasteiger partial charge in [0.15, 0.2) is 0 Å². The van der Waals surface area contributed by atoms with Crippen molar-refractivity contribution in [3.8, 4) is 11.5 Å². The van der Waals surface area contributed by atoms with Gasteiger partial charge in [0.1, 0.15) is 23.7 Å². The molecular formula is C25H19ClN2O5. The average molecular weight is 463 g/mol. The van der Waals surface area contributed by atoms with Crippen LogP contribution in [-0.4, -0.2) is 25.0 Å². The van der Waals surface area contributed by atoms with Crippen LogP contribution in [0.2, 0.25) is 5.02 Å². The number of imide groups is 2. The number of carbonyl (C=O) groups excluding carboxylic acids is 3. The number of hydrogen-bond donors (Lipinski definition) is 1. The van der Waals surface area contributed by atoms with Crippen LogP contribution in [-0.2, 0) is 16.2 Å². The number of urea groups is 1. The van der Waals surface area contributed by atoms with Gasteiger partial charge in [-0.25, -0.2) is 9.69 Å². The van der Waals surface area contributed by atoms with Crippen LogP contribution in [0.3, 0.4) is 0 Å². The van der Waals surface area contributed by atoms with E-state index in [4.69, 9.17) is 21.1 Å². The van der Waals surface area contributed by atoms with Crippen molar-refractivity contribution in [2.24, 2.45) is 0 Å². The minimum absolute atomic E-state index is 0.153. The second-order valence-corrected chi connectivity index (χ2v) is 7.58. The number of ether oxygens (including phenoxy) is 2. The second kappa shape index (κ2) is 9.58. The summed E-state index contributed by atoms with van der Waals surface area (Å²) in [5.41, 5.74) is 1.75. The van der Waals surface area contributed by atoms with E-state index in [0.717, 1.165) is 10.5 Å². The van der Waals surface area contributed by atoms with E-state index >= 15 is 0 Å². The summed E-state index contributed by atoms with van der Waals surface area (Å²) in [7, 11) is 1.52. The van der Waals surface area contributed by atoms with E-state index in [0.29, 0.717) is 34.4 Å². The fourth-order valence-electron chi connectivity index (χ4n) is 3.20. The Balaban J connectivity index is 1.50. The van der Waals surface area contributed by atoms with E-state index in [1.807, 2.05) is 12.1 Å². The lowest BCUT2D eigenvalue weighted by atomic mass is 10.1. The molecule has 1 fully saturated rings. The lowest BCUT2D eigenvalue weighted by Crippen LogP contribution is -2.54. The zero-order chi connectivity index (χ0) is 23.4. The van der Waals surface area contributed by atoms with Crippen LogP contribution < -0.4 is 19.7 Å². The standard InChI is InChI=1S/C25H19ClN2O5/c1-32-20-12-8-19(9-13-20)28-24(30)22(23(29)27-25(28)31)14-16-4-10-21(11-5-16)33-15-17-2-6-18(26)7-3-17/h2-14H,15H2,1H3,(H,27,29,31). The molecule has 3 aromatic carbocycles. The predicted octanol–water partition coefficient (Wildman–Crippen LogP) is 4.59. The van der Waals surface area contributed by atoms with Gasteiger partial charge in [0, 0.05) is 5.02 Å². The quantitative estimate of drug-likeness (QED) is 0.427. The van der Waals surface area contributed by atoms with Crippen LogP contribution in [0.25, 0.3) is 6.08 Å². The first-order valence-corrected chi connectivity index (χ1v) is 10.4. The van der Waals surface area contributed by atoms with E-state index in [1.54, 1.807) is 60.7 Å². The molecule has 1 N–H and O–H groups in total. The molecule has 3 aromatic rings. The summed E-state index contributed by atoms with van der Waals surface area (Å²) < 4.78 is 10.9. The van der Waals surface area contributed by atoms with Crippen molar-refractivity contribution >= 4 is 41.2 Å². The third-order valence-electron chi connectivity index (χ3n) is 4.94. The summed E-state index contributed by atoms with van der Waals surface area (Å²) in [4.78, 5) is 38.5. The van der Waals surface area contributed by atoms with Crippen molar-refractivity contribution in [2.45, 2.75) is 6.61 Å². The highest BCUT2D eigenvalue weighted by Crippen LogP contribution is 2.25. The molecule has 0 aromatic heterocycles. The third-order valence-corrected chi connectivity index (χ3v) is 5.19. The zero-order valence-corrected chi connectivity index (χ0v) is 18.3. The minimum Gasteiger partial charge on any atom is -0.497 e. The van der Waals surface area contributed by atoms with Gasteiger partial charge in [-0.2, -0.15) is 0 Å². The first kappa shape index (κ1) is 22.1. The molecule has 7 nitrogen and oxygen atoms in total. The van der Waals surface area contributed by atoms with E-state index < -0.39 is 17.8 Å². The molecule has 0 atom stereocenters. The van der Waals surface area contributed by atoms with Gasteiger partial charge in [0.25, 0.3) is 11.8 Å². The van der Waals surface area contributed by atoms with E-state index in [1.165, 1.54) is 13.2 Å². The van der Waals surface area contributed by atoms with E-state index in [9.17, 15) is 14.4 Å². The Morgan fingerprint density at radius 2 is 1.52 bits per heavy atom. The van der Waals surface area contributed by atoms with Gasteiger partial charge >= 0.3 is 6.03 Å². The van der Waals surface area contributed by atoms with Crippen LogP contribution in [0, 0.1) is 0 Å². The molecule has 4 rings (SSSR count). The Bertz CT molecular complexity index is 1220. The number of nitrogens with one attached hydrogen (secondary N) is 1. The van der Waals surface area contributed by atoms with Crippen molar-refractivity contribution in [3.05, 3.63) is 94.5 Å². The number of anilines is 1. The normalized spacial score (nSPS) is 14.9. The van der Waals surface area contributed by atoms with Crippen LogP contribution in [0.4, 0.5) is 10.5 Å².